The largest absolute Gasteiger partial charge is 0.348 e. The molecule has 1 aromatic carbocycles. The summed E-state index contributed by atoms with van der Waals surface area (Å²) in [6.07, 6.45) is 5.36. The van der Waals surface area contributed by atoms with Gasteiger partial charge in [0.2, 0.25) is 5.91 Å². The summed E-state index contributed by atoms with van der Waals surface area (Å²) in [6, 6.07) is 11.7. The summed E-state index contributed by atoms with van der Waals surface area (Å²) in [7, 11) is 0. The number of thiazole rings is 1. The van der Waals surface area contributed by atoms with Crippen LogP contribution in [0.3, 0.4) is 0 Å². The molecular formula is C25H26N6O2S. The predicted octanol–water partition coefficient (Wildman–Crippen LogP) is 4.50. The van der Waals surface area contributed by atoms with Gasteiger partial charge in [-0.2, -0.15) is 10.2 Å². The second kappa shape index (κ2) is 9.56. The smallest absolute Gasteiger partial charge is 0.253 e. The Morgan fingerprint density at radius 1 is 1.09 bits per heavy atom. The number of carbonyl (C=O) groups is 2. The van der Waals surface area contributed by atoms with Gasteiger partial charge in [-0.1, -0.05) is 18.2 Å². The molecule has 0 saturated carbocycles. The van der Waals surface area contributed by atoms with E-state index in [-0.39, 0.29) is 23.9 Å². The maximum Gasteiger partial charge on any atom is 0.253 e. The van der Waals surface area contributed by atoms with Crippen LogP contribution in [0.1, 0.15) is 36.8 Å². The SMILES string of the molecule is Cc1cc(-c2cccc(-c3csc(NC(=O)CNC(=O)c4ccn(C(C)(C)C)c4)n3)c2)cnn1. The van der Waals surface area contributed by atoms with Gasteiger partial charge in [0, 0.05) is 34.4 Å². The number of aromatic nitrogens is 4. The highest BCUT2D eigenvalue weighted by Crippen LogP contribution is 2.28. The van der Waals surface area contributed by atoms with E-state index in [1.165, 1.54) is 11.3 Å². The highest BCUT2D eigenvalue weighted by molar-refractivity contribution is 7.14. The van der Waals surface area contributed by atoms with Crippen molar-refractivity contribution in [1.29, 1.82) is 0 Å². The van der Waals surface area contributed by atoms with E-state index in [9.17, 15) is 9.59 Å². The van der Waals surface area contributed by atoms with Crippen molar-refractivity contribution in [2.45, 2.75) is 33.2 Å². The third-order valence-corrected chi connectivity index (χ3v) is 5.92. The van der Waals surface area contributed by atoms with Crippen LogP contribution in [0.4, 0.5) is 5.13 Å². The summed E-state index contributed by atoms with van der Waals surface area (Å²) in [5, 5.41) is 15.8. The number of hydrogen-bond donors (Lipinski definition) is 2. The zero-order valence-corrected chi connectivity index (χ0v) is 20.3. The van der Waals surface area contributed by atoms with E-state index >= 15 is 0 Å². The van der Waals surface area contributed by atoms with Crippen LogP contribution in [-0.4, -0.2) is 38.1 Å². The van der Waals surface area contributed by atoms with Crippen LogP contribution in [0.25, 0.3) is 22.4 Å². The molecule has 0 atom stereocenters. The van der Waals surface area contributed by atoms with Gasteiger partial charge >= 0.3 is 0 Å². The van der Waals surface area contributed by atoms with Crippen LogP contribution in [0, 0.1) is 6.92 Å². The number of hydrogen-bond acceptors (Lipinski definition) is 6. The third-order valence-electron chi connectivity index (χ3n) is 5.16. The fourth-order valence-electron chi connectivity index (χ4n) is 3.33. The first-order chi connectivity index (χ1) is 16.2. The number of benzene rings is 1. The Kier molecular flexibility index (Phi) is 6.56. The molecular weight excluding hydrogens is 448 g/mol. The van der Waals surface area contributed by atoms with Crippen molar-refractivity contribution in [2.24, 2.45) is 0 Å². The molecule has 2 amide bonds. The molecule has 0 spiro atoms. The molecule has 8 nitrogen and oxygen atoms in total. The molecule has 9 heteroatoms. The number of rotatable bonds is 6. The highest BCUT2D eigenvalue weighted by atomic mass is 32.1. The molecule has 4 rings (SSSR count). The van der Waals surface area contributed by atoms with Crippen molar-refractivity contribution < 1.29 is 9.59 Å². The molecule has 3 heterocycles. The van der Waals surface area contributed by atoms with Crippen molar-refractivity contribution in [1.82, 2.24) is 25.1 Å². The molecule has 0 bridgehead atoms. The molecule has 3 aromatic heterocycles. The minimum atomic E-state index is -0.336. The van der Waals surface area contributed by atoms with E-state index in [0.717, 1.165) is 28.1 Å². The molecule has 0 aliphatic rings. The molecule has 0 aliphatic heterocycles. The first-order valence-corrected chi connectivity index (χ1v) is 11.7. The third kappa shape index (κ3) is 5.55. The second-order valence-corrected chi connectivity index (χ2v) is 9.77. The number of aryl methyl sites for hydroxylation is 1. The Balaban J connectivity index is 1.37. The zero-order valence-electron chi connectivity index (χ0n) is 19.5. The lowest BCUT2D eigenvalue weighted by molar-refractivity contribution is -0.115. The average Bonchev–Trinajstić information content (AvgIpc) is 3.48. The normalized spacial score (nSPS) is 11.3. The number of carbonyl (C=O) groups excluding carboxylic acids is 2. The van der Waals surface area contributed by atoms with Gasteiger partial charge in [-0.05, 0) is 51.5 Å². The van der Waals surface area contributed by atoms with E-state index in [0.29, 0.717) is 10.7 Å². The summed E-state index contributed by atoms with van der Waals surface area (Å²) in [4.78, 5) is 29.3. The van der Waals surface area contributed by atoms with Crippen LogP contribution in [0.5, 0.6) is 0 Å². The van der Waals surface area contributed by atoms with Crippen molar-refractivity contribution in [3.63, 3.8) is 0 Å². The van der Waals surface area contributed by atoms with Gasteiger partial charge in [-0.15, -0.1) is 11.3 Å². The van der Waals surface area contributed by atoms with E-state index in [4.69, 9.17) is 0 Å². The minimum Gasteiger partial charge on any atom is -0.348 e. The van der Waals surface area contributed by atoms with Crippen molar-refractivity contribution in [2.75, 3.05) is 11.9 Å². The van der Waals surface area contributed by atoms with Crippen LogP contribution in [-0.2, 0) is 10.3 Å². The molecule has 34 heavy (non-hydrogen) atoms. The molecule has 0 fully saturated rings. The number of amides is 2. The highest BCUT2D eigenvalue weighted by Gasteiger charge is 2.16. The number of nitrogens with zero attached hydrogens (tertiary/aromatic N) is 4. The first kappa shape index (κ1) is 23.3. The van der Waals surface area contributed by atoms with Gasteiger partial charge in [0.25, 0.3) is 5.91 Å². The fraction of sp³-hybridized carbons (Fsp3) is 0.240. The molecule has 2 N–H and O–H groups in total. The molecule has 0 saturated heterocycles. The standard InChI is InChI=1S/C25H26N6O2S/c1-16-10-20(12-27-30-16)17-6-5-7-18(11-17)21-15-34-24(28-21)29-22(32)13-26-23(33)19-8-9-31(14-19)25(2,3)4/h5-12,14-15H,13H2,1-4H3,(H,26,33)(H,28,29,32). The van der Waals surface area contributed by atoms with E-state index < -0.39 is 0 Å². The van der Waals surface area contributed by atoms with Crippen LogP contribution >= 0.6 is 11.3 Å². The summed E-state index contributed by atoms with van der Waals surface area (Å²) in [5.74, 6) is -0.632. The van der Waals surface area contributed by atoms with Gasteiger partial charge in [0.05, 0.1) is 29.7 Å². The molecule has 0 unspecified atom stereocenters. The fourth-order valence-corrected chi connectivity index (χ4v) is 4.06. The second-order valence-electron chi connectivity index (χ2n) is 8.91. The quantitative estimate of drug-likeness (QED) is 0.428. The Bertz CT molecular complexity index is 1330. The first-order valence-electron chi connectivity index (χ1n) is 10.8. The van der Waals surface area contributed by atoms with Crippen LogP contribution in [0.15, 0.2) is 60.4 Å². The Morgan fingerprint density at radius 2 is 1.88 bits per heavy atom. The lowest BCUT2D eigenvalue weighted by Gasteiger charge is -2.20. The minimum absolute atomic E-state index is 0.119. The van der Waals surface area contributed by atoms with Gasteiger partial charge < -0.3 is 15.2 Å². The van der Waals surface area contributed by atoms with E-state index in [1.54, 1.807) is 18.5 Å². The van der Waals surface area contributed by atoms with Gasteiger partial charge in [0.15, 0.2) is 5.13 Å². The van der Waals surface area contributed by atoms with Crippen LogP contribution in [0.2, 0.25) is 0 Å². The maximum absolute atomic E-state index is 12.4. The Labute approximate surface area is 202 Å². The summed E-state index contributed by atoms with van der Waals surface area (Å²) in [5.41, 5.74) is 4.92. The monoisotopic (exact) mass is 474 g/mol. The van der Waals surface area contributed by atoms with E-state index in [1.807, 2.05) is 53.4 Å². The Hall–Kier alpha value is -3.85. The average molecular weight is 475 g/mol. The van der Waals surface area contributed by atoms with Gasteiger partial charge in [-0.25, -0.2) is 4.98 Å². The molecule has 4 aromatic rings. The topological polar surface area (TPSA) is 102 Å². The Morgan fingerprint density at radius 3 is 2.62 bits per heavy atom. The summed E-state index contributed by atoms with van der Waals surface area (Å²) < 4.78 is 1.96. The van der Waals surface area contributed by atoms with Crippen molar-refractivity contribution in [3.05, 3.63) is 71.6 Å². The zero-order chi connectivity index (χ0) is 24.3. The number of anilines is 1. The lowest BCUT2D eigenvalue weighted by Crippen LogP contribution is -2.32. The summed E-state index contributed by atoms with van der Waals surface area (Å²) >= 11 is 1.33. The molecule has 174 valence electrons. The van der Waals surface area contributed by atoms with Crippen molar-refractivity contribution in [3.8, 4) is 22.4 Å². The van der Waals surface area contributed by atoms with Crippen LogP contribution < -0.4 is 10.6 Å². The van der Waals surface area contributed by atoms with E-state index in [2.05, 4.69) is 46.6 Å². The van der Waals surface area contributed by atoms with Gasteiger partial charge in [0.1, 0.15) is 0 Å². The predicted molar refractivity (Wildman–Crippen MR) is 134 cm³/mol. The number of nitrogens with one attached hydrogen (secondary N) is 2. The summed E-state index contributed by atoms with van der Waals surface area (Å²) in [6.45, 7) is 7.92. The van der Waals surface area contributed by atoms with Gasteiger partial charge in [-0.3, -0.25) is 9.59 Å². The lowest BCUT2D eigenvalue weighted by atomic mass is 10.0. The molecule has 0 radical (unpaired) electrons. The van der Waals surface area contributed by atoms with Crippen molar-refractivity contribution >= 4 is 28.3 Å². The molecule has 0 aliphatic carbocycles. The maximum atomic E-state index is 12.4.